The van der Waals surface area contributed by atoms with Gasteiger partial charge >= 0.3 is 0 Å². The molecule has 5 rings (SSSR count). The third-order valence-corrected chi connectivity index (χ3v) is 5.02. The van der Waals surface area contributed by atoms with E-state index in [1.165, 1.54) is 22.8 Å². The molecule has 0 spiro atoms. The minimum absolute atomic E-state index is 0.801. The Balaban J connectivity index is 1.42. The quantitative estimate of drug-likeness (QED) is 0.806. The van der Waals surface area contributed by atoms with Gasteiger partial charge in [-0.1, -0.05) is 42.5 Å². The molecular weight excluding hydrogens is 272 g/mol. The Hall–Kier alpha value is -2.36. The highest BCUT2D eigenvalue weighted by Gasteiger charge is 2.46. The van der Waals surface area contributed by atoms with Gasteiger partial charge in [0.2, 0.25) is 5.95 Å². The lowest BCUT2D eigenvalue weighted by Crippen LogP contribution is -2.22. The molecule has 2 fully saturated rings. The second-order valence-electron chi connectivity index (χ2n) is 6.56. The van der Waals surface area contributed by atoms with Crippen LogP contribution in [0.15, 0.2) is 42.5 Å². The molecule has 110 valence electrons. The first-order valence-electron chi connectivity index (χ1n) is 8.00. The number of aromatic nitrogens is 3. The predicted molar refractivity (Wildman–Crippen MR) is 86.9 cm³/mol. The zero-order valence-corrected chi connectivity index (χ0v) is 12.4. The predicted octanol–water partition coefficient (Wildman–Crippen LogP) is 3.00. The highest BCUT2D eigenvalue weighted by atomic mass is 15.4. The number of H-pyrrole nitrogens is 1. The minimum Gasteiger partial charge on any atom is -0.339 e. The van der Waals surface area contributed by atoms with Crippen LogP contribution in [0.2, 0.25) is 0 Å². The highest BCUT2D eigenvalue weighted by molar-refractivity contribution is 5.85. The smallest absolute Gasteiger partial charge is 0.244 e. The van der Waals surface area contributed by atoms with Crippen molar-refractivity contribution in [2.24, 2.45) is 11.8 Å². The van der Waals surface area contributed by atoms with Gasteiger partial charge in [0.15, 0.2) is 0 Å². The van der Waals surface area contributed by atoms with Crippen molar-refractivity contribution in [2.45, 2.75) is 12.8 Å². The number of benzene rings is 2. The molecule has 1 saturated heterocycles. The lowest BCUT2D eigenvalue weighted by atomic mass is 10.0. The maximum atomic E-state index is 4.71. The summed E-state index contributed by atoms with van der Waals surface area (Å²) in [4.78, 5) is 7.03. The fourth-order valence-electron chi connectivity index (χ4n) is 3.69. The molecule has 1 aliphatic heterocycles. The van der Waals surface area contributed by atoms with Gasteiger partial charge in [-0.05, 0) is 34.6 Å². The molecule has 0 amide bonds. The van der Waals surface area contributed by atoms with Crippen LogP contribution in [0, 0.1) is 11.8 Å². The molecule has 0 bridgehead atoms. The van der Waals surface area contributed by atoms with Gasteiger partial charge in [0.25, 0.3) is 0 Å². The summed E-state index contributed by atoms with van der Waals surface area (Å²) in [5.41, 5.74) is 1.30. The first-order valence-corrected chi connectivity index (χ1v) is 8.00. The first-order chi connectivity index (χ1) is 10.9. The van der Waals surface area contributed by atoms with E-state index in [2.05, 4.69) is 57.6 Å². The average Bonchev–Trinajstić information content (AvgIpc) is 2.97. The van der Waals surface area contributed by atoms with Crippen molar-refractivity contribution < 1.29 is 0 Å². The molecular formula is C18H18N4. The first kappa shape index (κ1) is 12.2. The number of hydrogen-bond acceptors (Lipinski definition) is 3. The Morgan fingerprint density at radius 1 is 1.05 bits per heavy atom. The van der Waals surface area contributed by atoms with Crippen molar-refractivity contribution in [3.63, 3.8) is 0 Å². The van der Waals surface area contributed by atoms with E-state index in [4.69, 9.17) is 4.98 Å². The summed E-state index contributed by atoms with van der Waals surface area (Å²) in [6.07, 6.45) is 2.21. The maximum Gasteiger partial charge on any atom is 0.244 e. The largest absolute Gasteiger partial charge is 0.339 e. The second-order valence-corrected chi connectivity index (χ2v) is 6.56. The zero-order valence-electron chi connectivity index (χ0n) is 12.4. The number of piperidine rings is 1. The Labute approximate surface area is 129 Å². The molecule has 1 aromatic heterocycles. The van der Waals surface area contributed by atoms with E-state index in [0.717, 1.165) is 43.1 Å². The van der Waals surface area contributed by atoms with Crippen LogP contribution in [0.25, 0.3) is 10.8 Å². The molecule has 1 N–H and O–H groups in total. The molecule has 2 atom stereocenters. The van der Waals surface area contributed by atoms with E-state index >= 15 is 0 Å². The van der Waals surface area contributed by atoms with Crippen LogP contribution in [0.4, 0.5) is 5.95 Å². The summed E-state index contributed by atoms with van der Waals surface area (Å²) >= 11 is 0. The van der Waals surface area contributed by atoms with E-state index < -0.39 is 0 Å². The fourth-order valence-corrected chi connectivity index (χ4v) is 3.69. The van der Waals surface area contributed by atoms with Crippen LogP contribution in [0.5, 0.6) is 0 Å². The normalized spacial score (nSPS) is 23.0. The van der Waals surface area contributed by atoms with Crippen LogP contribution in [0.3, 0.4) is 0 Å². The van der Waals surface area contributed by atoms with Crippen molar-refractivity contribution in [3.8, 4) is 0 Å². The monoisotopic (exact) mass is 290 g/mol. The number of anilines is 1. The fraction of sp³-hybridized carbons (Fsp3) is 0.333. The molecule has 2 heterocycles. The lowest BCUT2D eigenvalue weighted by Gasteiger charge is -2.14. The van der Waals surface area contributed by atoms with Gasteiger partial charge in [0.1, 0.15) is 5.82 Å². The molecule has 2 aliphatic rings. The number of nitrogens with zero attached hydrogens (tertiary/aromatic N) is 3. The Morgan fingerprint density at radius 3 is 2.77 bits per heavy atom. The summed E-state index contributed by atoms with van der Waals surface area (Å²) in [6.45, 7) is 2.27. The average molecular weight is 290 g/mol. The van der Waals surface area contributed by atoms with Crippen LogP contribution < -0.4 is 4.90 Å². The Morgan fingerprint density at radius 2 is 1.86 bits per heavy atom. The summed E-state index contributed by atoms with van der Waals surface area (Å²) in [7, 11) is 0. The molecule has 3 aromatic rings. The van der Waals surface area contributed by atoms with Crippen molar-refractivity contribution in [3.05, 3.63) is 53.9 Å². The van der Waals surface area contributed by atoms with Crippen LogP contribution in [-0.2, 0) is 6.42 Å². The van der Waals surface area contributed by atoms with Crippen molar-refractivity contribution in [1.29, 1.82) is 0 Å². The highest BCUT2D eigenvalue weighted by Crippen LogP contribution is 2.45. The van der Waals surface area contributed by atoms with Gasteiger partial charge in [0.05, 0.1) is 0 Å². The Kier molecular flexibility index (Phi) is 2.53. The third-order valence-electron chi connectivity index (χ3n) is 5.02. The Bertz CT molecular complexity index is 822. The van der Waals surface area contributed by atoms with Crippen molar-refractivity contribution in [1.82, 2.24) is 15.2 Å². The standard InChI is InChI=1S/C18H18N4/c1-2-7-16-12(4-1)5-3-6-13(16)9-17-19-18(21-20-17)22-10-14-8-15(14)11-22/h1-7,14-15H,8-11H2,(H,19,20,21). The summed E-state index contributed by atoms with van der Waals surface area (Å²) < 4.78 is 0. The minimum atomic E-state index is 0.801. The van der Waals surface area contributed by atoms with Gasteiger partial charge in [-0.15, -0.1) is 5.10 Å². The molecule has 2 unspecified atom stereocenters. The molecule has 4 heteroatoms. The number of aromatic amines is 1. The van der Waals surface area contributed by atoms with Gasteiger partial charge < -0.3 is 4.90 Å². The summed E-state index contributed by atoms with van der Waals surface area (Å²) in [6, 6.07) is 14.9. The zero-order chi connectivity index (χ0) is 14.5. The molecule has 1 saturated carbocycles. The molecule has 0 radical (unpaired) electrons. The van der Waals surface area contributed by atoms with Crippen molar-refractivity contribution >= 4 is 16.7 Å². The third kappa shape index (κ3) is 1.98. The number of rotatable bonds is 3. The van der Waals surface area contributed by atoms with E-state index in [0.29, 0.717) is 0 Å². The van der Waals surface area contributed by atoms with Gasteiger partial charge in [-0.25, -0.2) is 0 Å². The summed E-state index contributed by atoms with van der Waals surface area (Å²) in [5, 5.41) is 10.1. The van der Waals surface area contributed by atoms with E-state index in [9.17, 15) is 0 Å². The maximum absolute atomic E-state index is 4.71. The van der Waals surface area contributed by atoms with Crippen molar-refractivity contribution in [2.75, 3.05) is 18.0 Å². The van der Waals surface area contributed by atoms with Gasteiger partial charge in [-0.3, -0.25) is 5.10 Å². The van der Waals surface area contributed by atoms with E-state index in [1.54, 1.807) is 0 Å². The van der Waals surface area contributed by atoms with Crippen LogP contribution in [-0.4, -0.2) is 28.3 Å². The van der Waals surface area contributed by atoms with Crippen LogP contribution in [0.1, 0.15) is 17.8 Å². The number of nitrogens with one attached hydrogen (secondary N) is 1. The summed E-state index contributed by atoms with van der Waals surface area (Å²) in [5.74, 6) is 3.63. The van der Waals surface area contributed by atoms with Crippen LogP contribution >= 0.6 is 0 Å². The number of hydrogen-bond donors (Lipinski definition) is 1. The molecule has 22 heavy (non-hydrogen) atoms. The van der Waals surface area contributed by atoms with E-state index in [-0.39, 0.29) is 0 Å². The second kappa shape index (κ2) is 4.57. The lowest BCUT2D eigenvalue weighted by molar-refractivity contribution is 0.789. The SMILES string of the molecule is c1ccc2c(Cc3nc(N4CC5CC5C4)n[nH]3)cccc2c1. The molecule has 1 aliphatic carbocycles. The van der Waals surface area contributed by atoms with Gasteiger partial charge in [0, 0.05) is 19.5 Å². The van der Waals surface area contributed by atoms with Gasteiger partial charge in [-0.2, -0.15) is 4.98 Å². The topological polar surface area (TPSA) is 44.8 Å². The molecule has 4 nitrogen and oxygen atoms in total. The van der Waals surface area contributed by atoms with E-state index in [1.807, 2.05) is 0 Å². The number of fused-ring (bicyclic) bond motifs is 2. The molecule has 2 aromatic carbocycles.